The molecule has 2 atom stereocenters. The van der Waals surface area contributed by atoms with Gasteiger partial charge in [0.15, 0.2) is 0 Å². The number of rotatable bonds is 3. The summed E-state index contributed by atoms with van der Waals surface area (Å²) in [7, 11) is 2.19. The van der Waals surface area contributed by atoms with Gasteiger partial charge in [0.05, 0.1) is 6.10 Å². The Morgan fingerprint density at radius 3 is 2.36 bits per heavy atom. The van der Waals surface area contributed by atoms with Crippen molar-refractivity contribution in [3.05, 3.63) is 0 Å². The van der Waals surface area contributed by atoms with Crippen molar-refractivity contribution >= 4 is 0 Å². The van der Waals surface area contributed by atoms with E-state index in [1.807, 2.05) is 0 Å². The number of aliphatic hydroxyl groups is 1. The van der Waals surface area contributed by atoms with E-state index in [1.165, 1.54) is 45.1 Å². The topological polar surface area (TPSA) is 23.5 Å². The summed E-state index contributed by atoms with van der Waals surface area (Å²) in [6, 6.07) is 0.448. The summed E-state index contributed by atoms with van der Waals surface area (Å²) >= 11 is 0. The maximum absolute atomic E-state index is 9.90. The van der Waals surface area contributed by atoms with E-state index in [0.717, 1.165) is 12.3 Å². The van der Waals surface area contributed by atoms with Crippen LogP contribution in [0.4, 0.5) is 0 Å². The van der Waals surface area contributed by atoms with Gasteiger partial charge in [-0.1, -0.05) is 19.3 Å². The summed E-state index contributed by atoms with van der Waals surface area (Å²) in [6.45, 7) is 1.21. The molecule has 2 saturated carbocycles. The molecule has 2 nitrogen and oxygen atoms in total. The number of nitrogens with zero attached hydrogens (tertiary/aromatic N) is 1. The first-order valence-electron chi connectivity index (χ1n) is 6.15. The van der Waals surface area contributed by atoms with Crippen LogP contribution in [0.5, 0.6) is 0 Å². The van der Waals surface area contributed by atoms with Gasteiger partial charge in [-0.05, 0) is 38.6 Å². The summed E-state index contributed by atoms with van der Waals surface area (Å²) in [5.41, 5.74) is 0. The van der Waals surface area contributed by atoms with E-state index in [2.05, 4.69) is 11.9 Å². The van der Waals surface area contributed by atoms with E-state index in [-0.39, 0.29) is 6.10 Å². The van der Waals surface area contributed by atoms with Gasteiger partial charge in [0.2, 0.25) is 0 Å². The molecule has 0 heterocycles. The summed E-state index contributed by atoms with van der Waals surface area (Å²) < 4.78 is 0. The quantitative estimate of drug-likeness (QED) is 0.748. The third-order valence-corrected chi connectivity index (χ3v) is 4.03. The predicted molar refractivity (Wildman–Crippen MR) is 58.2 cm³/mol. The van der Waals surface area contributed by atoms with Gasteiger partial charge in [0.25, 0.3) is 0 Å². The van der Waals surface area contributed by atoms with Crippen molar-refractivity contribution in [1.29, 1.82) is 0 Å². The van der Waals surface area contributed by atoms with Crippen molar-refractivity contribution in [2.45, 2.75) is 57.1 Å². The van der Waals surface area contributed by atoms with Crippen LogP contribution in [0, 0.1) is 5.92 Å². The van der Waals surface area contributed by atoms with Gasteiger partial charge in [0.1, 0.15) is 0 Å². The van der Waals surface area contributed by atoms with E-state index in [4.69, 9.17) is 0 Å². The Hall–Kier alpha value is -0.0800. The molecule has 0 aliphatic heterocycles. The largest absolute Gasteiger partial charge is 0.391 e. The van der Waals surface area contributed by atoms with Gasteiger partial charge in [-0.2, -0.15) is 0 Å². The lowest BCUT2D eigenvalue weighted by atomic mass is 9.84. The molecule has 2 heteroatoms. The molecule has 2 fully saturated rings. The van der Waals surface area contributed by atoms with Gasteiger partial charge < -0.3 is 10.0 Å². The zero-order chi connectivity index (χ0) is 9.97. The lowest BCUT2D eigenvalue weighted by molar-refractivity contribution is 0.0197. The van der Waals surface area contributed by atoms with Crippen LogP contribution in [0.1, 0.15) is 44.9 Å². The molecule has 1 N–H and O–H groups in total. The van der Waals surface area contributed by atoms with Crippen LogP contribution < -0.4 is 0 Å². The SMILES string of the molecule is CN(CC1CCC1)[C@@H]1CCCC[C@H]1O. The zero-order valence-electron chi connectivity index (χ0n) is 9.28. The van der Waals surface area contributed by atoms with Gasteiger partial charge in [-0.15, -0.1) is 0 Å². The van der Waals surface area contributed by atoms with Crippen molar-refractivity contribution in [2.75, 3.05) is 13.6 Å². The molecule has 0 aromatic rings. The van der Waals surface area contributed by atoms with Crippen LogP contribution in [-0.4, -0.2) is 35.7 Å². The third kappa shape index (κ3) is 2.29. The number of likely N-dealkylation sites (N-methyl/N-ethyl adjacent to an activating group) is 1. The molecule has 0 spiro atoms. The maximum Gasteiger partial charge on any atom is 0.0695 e. The Morgan fingerprint density at radius 1 is 1.07 bits per heavy atom. The van der Waals surface area contributed by atoms with Gasteiger partial charge in [0, 0.05) is 12.6 Å². The van der Waals surface area contributed by atoms with E-state index in [1.54, 1.807) is 0 Å². The predicted octanol–water partition coefficient (Wildman–Crippen LogP) is 2.02. The van der Waals surface area contributed by atoms with Crippen LogP contribution in [0.15, 0.2) is 0 Å². The van der Waals surface area contributed by atoms with Gasteiger partial charge in [-0.25, -0.2) is 0 Å². The van der Waals surface area contributed by atoms with Crippen LogP contribution in [-0.2, 0) is 0 Å². The number of aliphatic hydroxyl groups excluding tert-OH is 1. The molecule has 0 unspecified atom stereocenters. The fourth-order valence-corrected chi connectivity index (χ4v) is 2.82. The first-order chi connectivity index (χ1) is 6.77. The fraction of sp³-hybridized carbons (Fsp3) is 1.00. The Balaban J connectivity index is 1.79. The highest BCUT2D eigenvalue weighted by Crippen LogP contribution is 2.29. The van der Waals surface area contributed by atoms with E-state index in [0.29, 0.717) is 6.04 Å². The Labute approximate surface area is 87.3 Å². The second-order valence-corrected chi connectivity index (χ2v) is 5.16. The molecule has 2 aliphatic rings. The summed E-state index contributed by atoms with van der Waals surface area (Å²) in [5, 5.41) is 9.90. The highest BCUT2D eigenvalue weighted by atomic mass is 16.3. The monoisotopic (exact) mass is 197 g/mol. The smallest absolute Gasteiger partial charge is 0.0695 e. The highest BCUT2D eigenvalue weighted by Gasteiger charge is 2.29. The summed E-state index contributed by atoms with van der Waals surface area (Å²) in [6.07, 6.45) is 8.91. The Morgan fingerprint density at radius 2 is 1.79 bits per heavy atom. The van der Waals surface area contributed by atoms with Crippen molar-refractivity contribution in [3.63, 3.8) is 0 Å². The molecule has 0 aromatic carbocycles. The van der Waals surface area contributed by atoms with E-state index in [9.17, 15) is 5.11 Å². The third-order valence-electron chi connectivity index (χ3n) is 4.03. The minimum atomic E-state index is -0.0613. The second kappa shape index (κ2) is 4.63. The maximum atomic E-state index is 9.90. The van der Waals surface area contributed by atoms with Crippen LogP contribution in [0.2, 0.25) is 0 Å². The lowest BCUT2D eigenvalue weighted by Crippen LogP contribution is -2.45. The first kappa shape index (κ1) is 10.4. The van der Waals surface area contributed by atoms with Crippen LogP contribution in [0.3, 0.4) is 0 Å². The average molecular weight is 197 g/mol. The molecular formula is C12H23NO. The molecule has 0 bridgehead atoms. The second-order valence-electron chi connectivity index (χ2n) is 5.16. The minimum absolute atomic E-state index is 0.0613. The van der Waals surface area contributed by atoms with Crippen molar-refractivity contribution in [3.8, 4) is 0 Å². The van der Waals surface area contributed by atoms with Crippen molar-refractivity contribution in [2.24, 2.45) is 5.92 Å². The van der Waals surface area contributed by atoms with E-state index >= 15 is 0 Å². The fourth-order valence-electron chi connectivity index (χ4n) is 2.82. The Kier molecular flexibility index (Phi) is 3.45. The Bertz CT molecular complexity index is 179. The molecule has 0 amide bonds. The minimum Gasteiger partial charge on any atom is -0.391 e. The van der Waals surface area contributed by atoms with Gasteiger partial charge >= 0.3 is 0 Å². The summed E-state index contributed by atoms with van der Waals surface area (Å²) in [4.78, 5) is 2.41. The molecule has 0 saturated heterocycles. The number of hydrogen-bond donors (Lipinski definition) is 1. The summed E-state index contributed by atoms with van der Waals surface area (Å²) in [5.74, 6) is 0.925. The lowest BCUT2D eigenvalue weighted by Gasteiger charge is -2.39. The normalized spacial score (nSPS) is 34.5. The first-order valence-corrected chi connectivity index (χ1v) is 6.15. The molecule has 0 radical (unpaired) electrons. The zero-order valence-corrected chi connectivity index (χ0v) is 9.28. The standard InChI is InChI=1S/C12H23NO/c1-13(9-10-5-4-6-10)11-7-2-3-8-12(11)14/h10-12,14H,2-9H2,1H3/t11-,12-/m1/s1. The van der Waals surface area contributed by atoms with Gasteiger partial charge in [-0.3, -0.25) is 0 Å². The molecule has 14 heavy (non-hydrogen) atoms. The van der Waals surface area contributed by atoms with Crippen molar-refractivity contribution < 1.29 is 5.11 Å². The highest BCUT2D eigenvalue weighted by molar-refractivity contribution is 4.83. The van der Waals surface area contributed by atoms with Crippen LogP contribution in [0.25, 0.3) is 0 Å². The number of hydrogen-bond acceptors (Lipinski definition) is 2. The molecule has 2 aliphatic carbocycles. The molecule has 82 valence electrons. The molecular weight excluding hydrogens is 174 g/mol. The molecule has 0 aromatic heterocycles. The van der Waals surface area contributed by atoms with Crippen molar-refractivity contribution in [1.82, 2.24) is 4.90 Å². The average Bonchev–Trinajstić information content (AvgIpc) is 2.12. The van der Waals surface area contributed by atoms with Crippen LogP contribution >= 0.6 is 0 Å². The van der Waals surface area contributed by atoms with E-state index < -0.39 is 0 Å². The molecule has 2 rings (SSSR count).